The summed E-state index contributed by atoms with van der Waals surface area (Å²) in [7, 11) is 0. The van der Waals surface area contributed by atoms with Crippen molar-refractivity contribution in [2.45, 2.75) is 26.7 Å². The molecule has 11 heavy (non-hydrogen) atoms. The van der Waals surface area contributed by atoms with Crippen LogP contribution >= 0.6 is 0 Å². The Hall–Kier alpha value is -0.590. The van der Waals surface area contributed by atoms with E-state index in [1.807, 2.05) is 6.08 Å². The van der Waals surface area contributed by atoms with E-state index in [-0.39, 0.29) is 0 Å². The zero-order chi connectivity index (χ0) is 8.93. The molecule has 0 unspecified atom stereocenters. The summed E-state index contributed by atoms with van der Waals surface area (Å²) in [6.07, 6.45) is 3.62. The van der Waals surface area contributed by atoms with Crippen molar-refractivity contribution in [3.63, 3.8) is 0 Å². The lowest BCUT2D eigenvalue weighted by atomic mass is 9.50. The molecule has 3 aliphatic carbocycles. The van der Waals surface area contributed by atoms with Gasteiger partial charge in [-0.3, -0.25) is 4.79 Å². The number of hydrogen-bond donors (Lipinski definition) is 0. The number of fused-ring (bicyclic) bond motifs is 1. The van der Waals surface area contributed by atoms with Crippen molar-refractivity contribution in [1.82, 2.24) is 0 Å². The average molecular weight is 151 g/mol. The maximum Gasteiger partial charge on any atom is 0.145 e. The summed E-state index contributed by atoms with van der Waals surface area (Å²) in [5.41, 5.74) is 1.13. The Morgan fingerprint density at radius 2 is 2.55 bits per heavy atom. The van der Waals surface area contributed by atoms with Crippen molar-refractivity contribution in [2.24, 2.45) is 17.3 Å². The van der Waals surface area contributed by atoms with Crippen LogP contribution in [0.25, 0.3) is 0 Å². The Morgan fingerprint density at radius 3 is 2.91 bits per heavy atom. The van der Waals surface area contributed by atoms with Gasteiger partial charge in [0, 0.05) is 0 Å². The van der Waals surface area contributed by atoms with Gasteiger partial charge >= 0.3 is 0 Å². The van der Waals surface area contributed by atoms with Crippen LogP contribution in [0.4, 0.5) is 0 Å². The second-order valence-electron chi connectivity index (χ2n) is 4.36. The number of hydrogen-bond acceptors (Lipinski definition) is 1. The molecular formula is C10H14O. The van der Waals surface area contributed by atoms with E-state index in [0.29, 0.717) is 17.3 Å². The highest BCUT2D eigenvalue weighted by molar-refractivity contribution is 5.74. The fourth-order valence-corrected chi connectivity index (χ4v) is 2.34. The number of carbonyl (C=O) groups excluding carboxylic acids is 1. The first-order chi connectivity index (χ1) is 5.51. The second kappa shape index (κ2) is 1.96. The summed E-state index contributed by atoms with van der Waals surface area (Å²) in [6, 6.07) is 0. The average Bonchev–Trinajstić information content (AvgIpc) is 2.04. The van der Waals surface area contributed by atoms with Gasteiger partial charge in [0.05, 0.1) is 0 Å². The van der Waals surface area contributed by atoms with Crippen molar-refractivity contribution in [3.05, 3.63) is 11.6 Å². The van der Waals surface area contributed by atoms with E-state index in [1.165, 1.54) is 6.42 Å². The van der Waals surface area contributed by atoms with Gasteiger partial charge in [0.2, 0.25) is 0 Å². The van der Waals surface area contributed by atoms with Gasteiger partial charge < -0.3 is 0 Å². The molecule has 0 heterocycles. The molecule has 1 fully saturated rings. The van der Waals surface area contributed by atoms with Crippen LogP contribution in [-0.4, -0.2) is 6.26 Å². The van der Waals surface area contributed by atoms with E-state index in [0.717, 1.165) is 12.0 Å². The third kappa shape index (κ3) is 0.800. The first-order valence-corrected chi connectivity index (χ1v) is 4.23. The second-order valence-corrected chi connectivity index (χ2v) is 4.36. The lowest BCUT2D eigenvalue weighted by Gasteiger charge is -2.54. The fraction of sp³-hybridized carbons (Fsp3) is 0.700. The van der Waals surface area contributed by atoms with Crippen molar-refractivity contribution in [2.75, 3.05) is 0 Å². The van der Waals surface area contributed by atoms with Gasteiger partial charge in [0.15, 0.2) is 0 Å². The summed E-state index contributed by atoms with van der Waals surface area (Å²) in [6.45, 7) is 4.51. The zero-order valence-electron chi connectivity index (χ0n) is 8.05. The number of carbonyl (C=O) groups is 1. The van der Waals surface area contributed by atoms with Crippen molar-refractivity contribution < 1.29 is 6.17 Å². The molecule has 1 heteroatoms. The molecule has 0 aromatic rings. The monoisotopic (exact) mass is 151 g/mol. The molecule has 60 valence electrons. The Morgan fingerprint density at radius 1 is 1.82 bits per heavy atom. The summed E-state index contributed by atoms with van der Waals surface area (Å²) in [4.78, 5) is 10.8. The highest BCUT2D eigenvalue weighted by Gasteiger charge is 2.49. The predicted molar refractivity (Wildman–Crippen MR) is 44.1 cm³/mol. The van der Waals surface area contributed by atoms with Crippen LogP contribution in [-0.2, 0) is 4.79 Å². The first kappa shape index (κ1) is 5.99. The van der Waals surface area contributed by atoms with Crippen molar-refractivity contribution in [1.29, 1.82) is 0 Å². The topological polar surface area (TPSA) is 17.1 Å². The molecule has 3 aliphatic rings. The number of allylic oxidation sites excluding steroid dienone is 2. The van der Waals surface area contributed by atoms with E-state index >= 15 is 0 Å². The minimum absolute atomic E-state index is 0.388. The Labute approximate surface area is 68.9 Å². The largest absolute Gasteiger partial charge is 0.298 e. The molecule has 0 aromatic heterocycles. The van der Waals surface area contributed by atoms with Gasteiger partial charge in [-0.2, -0.15) is 0 Å². The first-order valence-electron chi connectivity index (χ1n) is 4.73. The van der Waals surface area contributed by atoms with E-state index in [2.05, 4.69) is 13.8 Å². The summed E-state index contributed by atoms with van der Waals surface area (Å²) >= 11 is 0. The minimum atomic E-state index is -0.472. The van der Waals surface area contributed by atoms with Gasteiger partial charge in [0.25, 0.3) is 0 Å². The smallest absolute Gasteiger partial charge is 0.145 e. The molecule has 0 aromatic carbocycles. The normalized spacial score (nSPS) is 40.2. The molecule has 0 N–H and O–H groups in total. The number of rotatable bonds is 1. The molecule has 0 amide bonds. The standard InChI is InChI=1S/C10H14O/c1-10(2)8-3-7(6-11)4-9(10)5-8/h3,6,8-9H,4-5H2,1-2H3/t8-,9+/m0/s1/i6D. The molecule has 3 rings (SSSR count). The molecule has 2 bridgehead atoms. The van der Waals surface area contributed by atoms with Crippen LogP contribution in [0.5, 0.6) is 0 Å². The molecule has 2 atom stereocenters. The Balaban J connectivity index is 2.24. The molecule has 0 radical (unpaired) electrons. The van der Waals surface area contributed by atoms with Gasteiger partial charge in [-0.25, -0.2) is 0 Å². The fourth-order valence-electron chi connectivity index (χ4n) is 2.34. The maximum atomic E-state index is 10.8. The van der Waals surface area contributed by atoms with Crippen LogP contribution in [0.3, 0.4) is 0 Å². The van der Waals surface area contributed by atoms with Crippen LogP contribution in [0, 0.1) is 17.3 Å². The van der Waals surface area contributed by atoms with Gasteiger partial charge in [-0.15, -0.1) is 0 Å². The van der Waals surface area contributed by atoms with Crippen LogP contribution in [0.1, 0.15) is 28.1 Å². The maximum absolute atomic E-state index is 10.8. The minimum Gasteiger partial charge on any atom is -0.298 e. The molecule has 1 saturated carbocycles. The van der Waals surface area contributed by atoms with Crippen LogP contribution < -0.4 is 0 Å². The van der Waals surface area contributed by atoms with Crippen molar-refractivity contribution >= 4 is 6.26 Å². The zero-order valence-corrected chi connectivity index (χ0v) is 7.05. The predicted octanol–water partition coefficient (Wildman–Crippen LogP) is 2.18. The van der Waals surface area contributed by atoms with Crippen LogP contribution in [0.2, 0.25) is 0 Å². The lowest BCUT2D eigenvalue weighted by molar-refractivity contribution is -0.106. The summed E-state index contributed by atoms with van der Waals surface area (Å²) in [5.74, 6) is 1.21. The summed E-state index contributed by atoms with van der Waals surface area (Å²) < 4.78 is 7.00. The highest BCUT2D eigenvalue weighted by Crippen LogP contribution is 2.57. The van der Waals surface area contributed by atoms with E-state index in [1.54, 1.807) is 0 Å². The highest BCUT2D eigenvalue weighted by atomic mass is 16.1. The van der Waals surface area contributed by atoms with E-state index < -0.39 is 6.26 Å². The van der Waals surface area contributed by atoms with Crippen LogP contribution in [0.15, 0.2) is 11.6 Å². The number of aldehydes is 1. The Kier molecular flexibility index (Phi) is 1.07. The molecule has 0 spiro atoms. The van der Waals surface area contributed by atoms with E-state index in [9.17, 15) is 4.79 Å². The quantitative estimate of drug-likeness (QED) is 0.525. The SMILES string of the molecule is [2H]C(=O)C1=C[C@H]2C[C@@H](C1)C2(C)C. The molecular weight excluding hydrogens is 136 g/mol. The Bertz CT molecular complexity index is 265. The third-order valence-electron chi connectivity index (χ3n) is 3.55. The molecule has 1 nitrogen and oxygen atoms in total. The molecule has 0 saturated heterocycles. The lowest BCUT2D eigenvalue weighted by Crippen LogP contribution is -2.46. The molecule has 0 aliphatic heterocycles. The van der Waals surface area contributed by atoms with E-state index in [4.69, 9.17) is 1.37 Å². The van der Waals surface area contributed by atoms with Gasteiger partial charge in [-0.05, 0) is 35.7 Å². The van der Waals surface area contributed by atoms with Crippen molar-refractivity contribution in [3.8, 4) is 0 Å². The third-order valence-corrected chi connectivity index (χ3v) is 3.55. The van der Waals surface area contributed by atoms with Gasteiger partial charge in [0.1, 0.15) is 7.63 Å². The summed E-state index contributed by atoms with van der Waals surface area (Å²) in [5, 5.41) is 0. The van der Waals surface area contributed by atoms with Gasteiger partial charge in [-0.1, -0.05) is 19.9 Å².